The maximum absolute atomic E-state index is 12.0. The number of hydrogen-bond donors (Lipinski definition) is 0. The zero-order chi connectivity index (χ0) is 12.1. The van der Waals surface area contributed by atoms with Crippen LogP contribution in [0.1, 0.15) is 25.0 Å². The Morgan fingerprint density at radius 1 is 1.31 bits per heavy atom. The first-order chi connectivity index (χ1) is 7.56. The molecule has 0 fully saturated rings. The smallest absolute Gasteiger partial charge is 0.166 e. The standard InChI is InChI=1S/C14H20O2/c1-10(2)14(16-4)13(15)9-12-8-6-5-7-11(12)3/h5-8,10,14H,9H2,1-4H3. The number of rotatable bonds is 5. The van der Waals surface area contributed by atoms with E-state index in [1.54, 1.807) is 7.11 Å². The highest BCUT2D eigenvalue weighted by Crippen LogP contribution is 2.13. The molecule has 0 spiro atoms. The quantitative estimate of drug-likeness (QED) is 0.762. The number of aryl methyl sites for hydroxylation is 1. The molecule has 0 aliphatic rings. The van der Waals surface area contributed by atoms with Crippen LogP contribution in [0.3, 0.4) is 0 Å². The third-order valence-corrected chi connectivity index (χ3v) is 2.80. The van der Waals surface area contributed by atoms with Crippen LogP contribution in [0.5, 0.6) is 0 Å². The molecule has 0 aliphatic carbocycles. The van der Waals surface area contributed by atoms with Gasteiger partial charge in [-0.05, 0) is 24.0 Å². The summed E-state index contributed by atoms with van der Waals surface area (Å²) >= 11 is 0. The van der Waals surface area contributed by atoms with Crippen molar-refractivity contribution in [2.45, 2.75) is 33.3 Å². The number of ether oxygens (including phenoxy) is 1. The predicted molar refractivity (Wildman–Crippen MR) is 65.5 cm³/mol. The lowest BCUT2D eigenvalue weighted by Gasteiger charge is -2.18. The highest BCUT2D eigenvalue weighted by atomic mass is 16.5. The van der Waals surface area contributed by atoms with Crippen LogP contribution in [-0.4, -0.2) is 19.0 Å². The normalized spacial score (nSPS) is 12.8. The molecular formula is C14H20O2. The fourth-order valence-electron chi connectivity index (χ4n) is 1.87. The molecule has 1 aromatic carbocycles. The molecule has 1 aromatic rings. The van der Waals surface area contributed by atoms with E-state index in [0.717, 1.165) is 11.1 Å². The second kappa shape index (κ2) is 5.80. The third-order valence-electron chi connectivity index (χ3n) is 2.80. The van der Waals surface area contributed by atoms with Crippen LogP contribution in [0.15, 0.2) is 24.3 Å². The fourth-order valence-corrected chi connectivity index (χ4v) is 1.87. The van der Waals surface area contributed by atoms with Gasteiger partial charge in [0.1, 0.15) is 6.10 Å². The number of Topliss-reactive ketones (excluding diaryl/α,β-unsaturated/α-hetero) is 1. The van der Waals surface area contributed by atoms with E-state index in [9.17, 15) is 4.79 Å². The van der Waals surface area contributed by atoms with Crippen molar-refractivity contribution in [3.05, 3.63) is 35.4 Å². The summed E-state index contributed by atoms with van der Waals surface area (Å²) in [5.41, 5.74) is 2.25. The molecule has 0 aliphatic heterocycles. The third kappa shape index (κ3) is 3.17. The number of carbonyl (C=O) groups is 1. The first kappa shape index (κ1) is 12.9. The van der Waals surface area contributed by atoms with Crippen molar-refractivity contribution in [2.24, 2.45) is 5.92 Å². The molecule has 88 valence electrons. The van der Waals surface area contributed by atoms with Crippen LogP contribution in [0, 0.1) is 12.8 Å². The monoisotopic (exact) mass is 220 g/mol. The van der Waals surface area contributed by atoms with Crippen LogP contribution in [-0.2, 0) is 16.0 Å². The van der Waals surface area contributed by atoms with E-state index in [1.807, 2.05) is 45.0 Å². The number of carbonyl (C=O) groups excluding carboxylic acids is 1. The Morgan fingerprint density at radius 2 is 1.94 bits per heavy atom. The summed E-state index contributed by atoms with van der Waals surface area (Å²) in [4.78, 5) is 12.0. The minimum absolute atomic E-state index is 0.159. The molecule has 0 heterocycles. The van der Waals surface area contributed by atoms with Gasteiger partial charge in [-0.15, -0.1) is 0 Å². The summed E-state index contributed by atoms with van der Waals surface area (Å²) in [6.45, 7) is 6.04. The van der Waals surface area contributed by atoms with E-state index in [1.165, 1.54) is 0 Å². The molecule has 0 radical (unpaired) electrons. The molecule has 2 heteroatoms. The fraction of sp³-hybridized carbons (Fsp3) is 0.500. The lowest BCUT2D eigenvalue weighted by Crippen LogP contribution is -2.30. The summed E-state index contributed by atoms with van der Waals surface area (Å²) in [6.07, 6.45) is 0.170. The second-order valence-electron chi connectivity index (χ2n) is 4.47. The summed E-state index contributed by atoms with van der Waals surface area (Å²) in [5.74, 6) is 0.383. The number of methoxy groups -OCH3 is 1. The molecule has 2 nitrogen and oxygen atoms in total. The lowest BCUT2D eigenvalue weighted by molar-refractivity contribution is -0.130. The van der Waals surface area contributed by atoms with Gasteiger partial charge in [0.05, 0.1) is 0 Å². The van der Waals surface area contributed by atoms with Gasteiger partial charge in [-0.2, -0.15) is 0 Å². The molecule has 0 bridgehead atoms. The zero-order valence-electron chi connectivity index (χ0n) is 10.5. The first-order valence-corrected chi connectivity index (χ1v) is 5.66. The largest absolute Gasteiger partial charge is 0.373 e. The summed E-state index contributed by atoms with van der Waals surface area (Å²) in [6, 6.07) is 7.98. The van der Waals surface area contributed by atoms with Crippen LogP contribution in [0.2, 0.25) is 0 Å². The van der Waals surface area contributed by atoms with E-state index in [2.05, 4.69) is 0 Å². The molecule has 0 aromatic heterocycles. The van der Waals surface area contributed by atoms with E-state index in [-0.39, 0.29) is 17.8 Å². The molecular weight excluding hydrogens is 200 g/mol. The van der Waals surface area contributed by atoms with Gasteiger partial charge in [0.15, 0.2) is 5.78 Å². The summed E-state index contributed by atoms with van der Waals surface area (Å²) in [5, 5.41) is 0. The van der Waals surface area contributed by atoms with Crippen LogP contribution < -0.4 is 0 Å². The van der Waals surface area contributed by atoms with Crippen molar-refractivity contribution in [3.8, 4) is 0 Å². The van der Waals surface area contributed by atoms with Crippen molar-refractivity contribution in [2.75, 3.05) is 7.11 Å². The Hall–Kier alpha value is -1.15. The topological polar surface area (TPSA) is 26.3 Å². The van der Waals surface area contributed by atoms with Gasteiger partial charge in [0, 0.05) is 13.5 Å². The highest BCUT2D eigenvalue weighted by molar-refractivity contribution is 5.85. The van der Waals surface area contributed by atoms with Crippen molar-refractivity contribution in [3.63, 3.8) is 0 Å². The predicted octanol–water partition coefficient (Wildman–Crippen LogP) is 2.78. The van der Waals surface area contributed by atoms with Crippen molar-refractivity contribution < 1.29 is 9.53 Å². The Bertz CT molecular complexity index is 356. The molecule has 0 saturated heterocycles. The van der Waals surface area contributed by atoms with Crippen LogP contribution in [0.25, 0.3) is 0 Å². The molecule has 16 heavy (non-hydrogen) atoms. The van der Waals surface area contributed by atoms with Gasteiger partial charge in [0.2, 0.25) is 0 Å². The van der Waals surface area contributed by atoms with Crippen molar-refractivity contribution in [1.29, 1.82) is 0 Å². The van der Waals surface area contributed by atoms with Gasteiger partial charge >= 0.3 is 0 Å². The zero-order valence-corrected chi connectivity index (χ0v) is 10.5. The maximum Gasteiger partial charge on any atom is 0.166 e. The number of benzene rings is 1. The summed E-state index contributed by atoms with van der Waals surface area (Å²) in [7, 11) is 1.60. The van der Waals surface area contributed by atoms with Gasteiger partial charge in [0.25, 0.3) is 0 Å². The average molecular weight is 220 g/mol. The molecule has 1 atom stereocenters. The lowest BCUT2D eigenvalue weighted by atomic mass is 9.96. The van der Waals surface area contributed by atoms with Gasteiger partial charge in [-0.1, -0.05) is 38.1 Å². The highest BCUT2D eigenvalue weighted by Gasteiger charge is 2.21. The Balaban J connectivity index is 2.74. The molecule has 0 amide bonds. The summed E-state index contributed by atoms with van der Waals surface area (Å²) < 4.78 is 5.24. The maximum atomic E-state index is 12.0. The average Bonchev–Trinajstić information content (AvgIpc) is 2.22. The SMILES string of the molecule is COC(C(=O)Cc1ccccc1C)C(C)C. The molecule has 1 rings (SSSR count). The molecule has 0 saturated carbocycles. The molecule has 1 unspecified atom stereocenters. The first-order valence-electron chi connectivity index (χ1n) is 5.66. The van der Waals surface area contributed by atoms with Crippen molar-refractivity contribution in [1.82, 2.24) is 0 Å². The van der Waals surface area contributed by atoms with E-state index < -0.39 is 0 Å². The Morgan fingerprint density at radius 3 is 2.44 bits per heavy atom. The minimum Gasteiger partial charge on any atom is -0.373 e. The minimum atomic E-state index is -0.292. The second-order valence-corrected chi connectivity index (χ2v) is 4.47. The number of ketones is 1. The van der Waals surface area contributed by atoms with E-state index in [4.69, 9.17) is 4.74 Å². The van der Waals surface area contributed by atoms with Gasteiger partial charge in [-0.3, -0.25) is 4.79 Å². The Labute approximate surface area is 97.6 Å². The van der Waals surface area contributed by atoms with E-state index >= 15 is 0 Å². The molecule has 0 N–H and O–H groups in total. The van der Waals surface area contributed by atoms with Crippen molar-refractivity contribution >= 4 is 5.78 Å². The van der Waals surface area contributed by atoms with Crippen LogP contribution in [0.4, 0.5) is 0 Å². The number of hydrogen-bond acceptors (Lipinski definition) is 2. The van der Waals surface area contributed by atoms with Gasteiger partial charge in [-0.25, -0.2) is 0 Å². The Kier molecular flexibility index (Phi) is 4.69. The van der Waals surface area contributed by atoms with Gasteiger partial charge < -0.3 is 4.74 Å². The van der Waals surface area contributed by atoms with E-state index in [0.29, 0.717) is 6.42 Å². The van der Waals surface area contributed by atoms with Crippen LogP contribution >= 0.6 is 0 Å².